The average molecular weight is 294 g/mol. The number of oxazole rings is 1. The average Bonchev–Trinajstić information content (AvgIpc) is 2.88. The highest BCUT2D eigenvalue weighted by atomic mass is 16.5. The van der Waals surface area contributed by atoms with Gasteiger partial charge in [0, 0.05) is 18.1 Å². The first-order valence-electron chi connectivity index (χ1n) is 6.81. The van der Waals surface area contributed by atoms with Crippen LogP contribution in [0.15, 0.2) is 39.4 Å². The lowest BCUT2D eigenvalue weighted by Crippen LogP contribution is -2.19. The molecular formula is C16H14N4O2. The number of nitrogens with one attached hydrogen (secondary N) is 1. The molecule has 6 heteroatoms. The number of ether oxygens (including phenoxy) is 1. The Kier molecular flexibility index (Phi) is 3.62. The van der Waals surface area contributed by atoms with E-state index in [4.69, 9.17) is 14.4 Å². The van der Waals surface area contributed by atoms with E-state index in [-0.39, 0.29) is 17.7 Å². The Morgan fingerprint density at radius 3 is 3.05 bits per heavy atom. The topological polar surface area (TPSA) is 83.4 Å². The number of aromatic nitrogens is 1. The van der Waals surface area contributed by atoms with Crippen LogP contribution in [0.2, 0.25) is 0 Å². The van der Waals surface area contributed by atoms with Crippen LogP contribution < -0.4 is 10.2 Å². The zero-order valence-corrected chi connectivity index (χ0v) is 12.2. The van der Waals surface area contributed by atoms with Gasteiger partial charge >= 0.3 is 0 Å². The number of hydrazone groups is 1. The molecule has 0 unspecified atom stereocenters. The van der Waals surface area contributed by atoms with Crippen molar-refractivity contribution < 1.29 is 9.15 Å². The van der Waals surface area contributed by atoms with Crippen molar-refractivity contribution in [2.45, 2.75) is 20.0 Å². The number of rotatable bonds is 3. The summed E-state index contributed by atoms with van der Waals surface area (Å²) in [6.07, 6.45) is 3.57. The maximum Gasteiger partial charge on any atom is 0.252 e. The van der Waals surface area contributed by atoms with Gasteiger partial charge in [-0.2, -0.15) is 10.4 Å². The third-order valence-electron chi connectivity index (χ3n) is 3.23. The van der Waals surface area contributed by atoms with Crippen molar-refractivity contribution in [2.75, 3.05) is 5.43 Å². The van der Waals surface area contributed by atoms with Crippen molar-refractivity contribution in [3.8, 4) is 11.8 Å². The molecule has 1 aliphatic rings. The van der Waals surface area contributed by atoms with Gasteiger partial charge in [0.2, 0.25) is 5.69 Å². The molecule has 0 bridgehead atoms. The molecule has 110 valence electrons. The molecule has 2 heterocycles. The highest BCUT2D eigenvalue weighted by Crippen LogP contribution is 2.28. The summed E-state index contributed by atoms with van der Waals surface area (Å²) >= 11 is 0. The first-order valence-corrected chi connectivity index (χ1v) is 6.81. The van der Waals surface area contributed by atoms with Gasteiger partial charge in [-0.1, -0.05) is 18.2 Å². The summed E-state index contributed by atoms with van der Waals surface area (Å²) in [7, 11) is 0. The number of hydrogen-bond donors (Lipinski definition) is 1. The maximum absolute atomic E-state index is 8.94. The lowest BCUT2D eigenvalue weighted by molar-refractivity contribution is 0.260. The van der Waals surface area contributed by atoms with E-state index in [0.717, 1.165) is 16.9 Å². The van der Waals surface area contributed by atoms with E-state index in [9.17, 15) is 0 Å². The van der Waals surface area contributed by atoms with Gasteiger partial charge in [-0.25, -0.2) is 10.4 Å². The van der Waals surface area contributed by atoms with Crippen LogP contribution in [-0.4, -0.2) is 17.3 Å². The van der Waals surface area contributed by atoms with Crippen molar-refractivity contribution in [1.82, 2.24) is 4.98 Å². The molecule has 0 saturated heterocycles. The summed E-state index contributed by atoms with van der Waals surface area (Å²) in [5, 5.41) is 13.0. The minimum Gasteiger partial charge on any atom is -0.485 e. The van der Waals surface area contributed by atoms with Crippen LogP contribution in [0.5, 0.6) is 5.75 Å². The fourth-order valence-corrected chi connectivity index (χ4v) is 2.15. The number of nitrogens with zero attached hydrogens (tertiary/aromatic N) is 3. The van der Waals surface area contributed by atoms with E-state index in [0.29, 0.717) is 5.89 Å². The largest absolute Gasteiger partial charge is 0.485 e. The minimum absolute atomic E-state index is 0.104. The number of para-hydroxylation sites is 1. The normalized spacial score (nSPS) is 16.6. The van der Waals surface area contributed by atoms with E-state index in [1.165, 1.54) is 0 Å². The van der Waals surface area contributed by atoms with Crippen LogP contribution in [-0.2, 0) is 0 Å². The summed E-state index contributed by atoms with van der Waals surface area (Å²) in [6, 6.07) is 9.76. The molecule has 0 spiro atoms. The molecule has 2 aromatic rings. The molecule has 0 amide bonds. The Labute approximate surface area is 127 Å². The predicted octanol–water partition coefficient (Wildman–Crippen LogP) is 3.12. The second kappa shape index (κ2) is 5.74. The fraction of sp³-hybridized carbons (Fsp3) is 0.188. The first-order chi connectivity index (χ1) is 10.7. The highest BCUT2D eigenvalue weighted by molar-refractivity contribution is 5.89. The van der Waals surface area contributed by atoms with Crippen molar-refractivity contribution in [3.63, 3.8) is 0 Å². The monoisotopic (exact) mass is 294 g/mol. The lowest BCUT2D eigenvalue weighted by atomic mass is 10.0. The maximum atomic E-state index is 8.94. The lowest BCUT2D eigenvalue weighted by Gasteiger charge is -2.22. The van der Waals surface area contributed by atoms with Gasteiger partial charge in [-0.15, -0.1) is 0 Å². The number of hydrogen-bond acceptors (Lipinski definition) is 6. The Morgan fingerprint density at radius 1 is 1.41 bits per heavy atom. The number of fused-ring (bicyclic) bond motifs is 1. The number of aryl methyl sites for hydroxylation is 1. The molecule has 1 aliphatic heterocycles. The van der Waals surface area contributed by atoms with Gasteiger partial charge in [0.25, 0.3) is 5.88 Å². The van der Waals surface area contributed by atoms with Crippen LogP contribution in [0.3, 0.4) is 0 Å². The SMILES string of the molecule is Cc1nc(C#N)c(N/N=C/C2=Cc3ccccc3O[C@@H]2C)o1. The predicted molar refractivity (Wildman–Crippen MR) is 82.6 cm³/mol. The van der Waals surface area contributed by atoms with Crippen molar-refractivity contribution >= 4 is 18.2 Å². The molecule has 0 aliphatic carbocycles. The van der Waals surface area contributed by atoms with E-state index >= 15 is 0 Å². The Morgan fingerprint density at radius 2 is 2.23 bits per heavy atom. The summed E-state index contributed by atoms with van der Waals surface area (Å²) < 4.78 is 11.1. The van der Waals surface area contributed by atoms with Crippen molar-refractivity contribution in [3.05, 3.63) is 47.0 Å². The van der Waals surface area contributed by atoms with Gasteiger partial charge in [0.1, 0.15) is 17.9 Å². The van der Waals surface area contributed by atoms with Gasteiger partial charge in [-0.05, 0) is 19.1 Å². The van der Waals surface area contributed by atoms with Crippen LogP contribution in [0.1, 0.15) is 24.1 Å². The third-order valence-corrected chi connectivity index (χ3v) is 3.23. The molecule has 22 heavy (non-hydrogen) atoms. The van der Waals surface area contributed by atoms with E-state index < -0.39 is 0 Å². The number of nitriles is 1. The summed E-state index contributed by atoms with van der Waals surface area (Å²) in [6.45, 7) is 3.62. The van der Waals surface area contributed by atoms with Crippen molar-refractivity contribution in [2.24, 2.45) is 5.10 Å². The Hall–Kier alpha value is -3.07. The van der Waals surface area contributed by atoms with Crippen LogP contribution in [0, 0.1) is 18.3 Å². The molecule has 3 rings (SSSR count). The number of benzene rings is 1. The molecule has 1 N–H and O–H groups in total. The summed E-state index contributed by atoms with van der Waals surface area (Å²) in [5.41, 5.74) is 4.81. The molecule has 0 saturated carbocycles. The van der Waals surface area contributed by atoms with E-state index in [1.54, 1.807) is 13.1 Å². The molecule has 1 aromatic carbocycles. The van der Waals surface area contributed by atoms with Gasteiger partial charge in [0.15, 0.2) is 5.89 Å². The fourth-order valence-electron chi connectivity index (χ4n) is 2.15. The molecule has 1 aromatic heterocycles. The zero-order valence-electron chi connectivity index (χ0n) is 12.2. The van der Waals surface area contributed by atoms with Gasteiger partial charge in [0.05, 0.1) is 6.21 Å². The molecular weight excluding hydrogens is 280 g/mol. The summed E-state index contributed by atoms with van der Waals surface area (Å²) in [4.78, 5) is 3.94. The number of anilines is 1. The van der Waals surface area contributed by atoms with E-state index in [1.807, 2.05) is 43.3 Å². The molecule has 0 radical (unpaired) electrons. The second-order valence-corrected chi connectivity index (χ2v) is 4.83. The van der Waals surface area contributed by atoms with Crippen LogP contribution >= 0.6 is 0 Å². The minimum atomic E-state index is -0.104. The standard InChI is InChI=1S/C16H14N4O2/c1-10-13(7-12-5-3-4-6-15(12)21-10)9-18-20-16-14(8-17)19-11(2)22-16/h3-7,9-10,20H,1-2H3/b18-9+/t10-/m1/s1. The molecule has 1 atom stereocenters. The summed E-state index contributed by atoms with van der Waals surface area (Å²) in [5.74, 6) is 1.51. The van der Waals surface area contributed by atoms with Crippen LogP contribution in [0.4, 0.5) is 5.88 Å². The van der Waals surface area contributed by atoms with Gasteiger partial charge < -0.3 is 9.15 Å². The highest BCUT2D eigenvalue weighted by Gasteiger charge is 2.17. The van der Waals surface area contributed by atoms with E-state index in [2.05, 4.69) is 15.5 Å². The first kappa shape index (κ1) is 13.9. The van der Waals surface area contributed by atoms with Gasteiger partial charge in [-0.3, -0.25) is 0 Å². The van der Waals surface area contributed by atoms with Crippen LogP contribution in [0.25, 0.3) is 6.08 Å². The van der Waals surface area contributed by atoms with Crippen molar-refractivity contribution in [1.29, 1.82) is 5.26 Å². The third kappa shape index (κ3) is 2.69. The molecule has 0 fully saturated rings. The zero-order chi connectivity index (χ0) is 15.5. The Balaban J connectivity index is 1.78. The quantitative estimate of drug-likeness (QED) is 0.694. The second-order valence-electron chi connectivity index (χ2n) is 4.83. The molecule has 6 nitrogen and oxygen atoms in total. The Bertz CT molecular complexity index is 799. The smallest absolute Gasteiger partial charge is 0.252 e.